The minimum atomic E-state index is 0.642. The molecule has 0 spiro atoms. The molecule has 0 saturated heterocycles. The van der Waals surface area contributed by atoms with Gasteiger partial charge in [-0.15, -0.1) is 0 Å². The molecule has 1 fully saturated rings. The van der Waals surface area contributed by atoms with Crippen molar-refractivity contribution in [3.8, 4) is 0 Å². The highest BCUT2D eigenvalue weighted by molar-refractivity contribution is 9.10. The van der Waals surface area contributed by atoms with Crippen molar-refractivity contribution >= 4 is 21.6 Å². The van der Waals surface area contributed by atoms with Gasteiger partial charge < -0.3 is 5.73 Å². The molecule has 11 heavy (non-hydrogen) atoms. The van der Waals surface area contributed by atoms with Crippen LogP contribution in [0, 0.1) is 0 Å². The minimum Gasteiger partial charge on any atom is -0.397 e. The molecule has 2 nitrogen and oxygen atoms in total. The molecule has 58 valence electrons. The van der Waals surface area contributed by atoms with Crippen molar-refractivity contribution in [1.29, 1.82) is 0 Å². The molecule has 2 rings (SSSR count). The Labute approximate surface area is 73.9 Å². The summed E-state index contributed by atoms with van der Waals surface area (Å²) in [7, 11) is 0. The first kappa shape index (κ1) is 7.10. The molecule has 0 bridgehead atoms. The Morgan fingerprint density at radius 2 is 2.27 bits per heavy atom. The Morgan fingerprint density at radius 1 is 1.55 bits per heavy atom. The number of nitrogens with two attached hydrogens (primary N) is 1. The predicted molar refractivity (Wildman–Crippen MR) is 48.3 cm³/mol. The number of nitrogens with zero attached hydrogens (tertiary/aromatic N) is 1. The summed E-state index contributed by atoms with van der Waals surface area (Å²) in [5.41, 5.74) is 7.67. The zero-order valence-electron chi connectivity index (χ0n) is 6.05. The second-order valence-electron chi connectivity index (χ2n) is 2.90. The van der Waals surface area contributed by atoms with Gasteiger partial charge in [-0.2, -0.15) is 0 Å². The molecule has 0 aliphatic heterocycles. The van der Waals surface area contributed by atoms with Crippen LogP contribution >= 0.6 is 15.9 Å². The molecule has 3 heteroatoms. The van der Waals surface area contributed by atoms with Gasteiger partial charge in [0.1, 0.15) is 0 Å². The average Bonchev–Trinajstić information content (AvgIpc) is 2.70. The van der Waals surface area contributed by atoms with E-state index in [9.17, 15) is 0 Å². The normalized spacial score (nSPS) is 16.8. The van der Waals surface area contributed by atoms with Gasteiger partial charge in [0.05, 0.1) is 11.4 Å². The summed E-state index contributed by atoms with van der Waals surface area (Å²) in [5, 5.41) is 0. The van der Waals surface area contributed by atoms with Gasteiger partial charge in [-0.25, -0.2) is 0 Å². The first-order valence-corrected chi connectivity index (χ1v) is 4.47. The summed E-state index contributed by atoms with van der Waals surface area (Å²) in [6.45, 7) is 0. The van der Waals surface area contributed by atoms with Crippen LogP contribution in [0.5, 0.6) is 0 Å². The molecule has 1 aromatic heterocycles. The summed E-state index contributed by atoms with van der Waals surface area (Å²) >= 11 is 3.32. The summed E-state index contributed by atoms with van der Waals surface area (Å²) in [6, 6.07) is 1.92. The molecule has 2 N–H and O–H groups in total. The van der Waals surface area contributed by atoms with Gasteiger partial charge in [0.15, 0.2) is 0 Å². The molecule has 0 atom stereocenters. The first-order valence-electron chi connectivity index (χ1n) is 3.68. The van der Waals surface area contributed by atoms with Crippen molar-refractivity contribution in [3.63, 3.8) is 0 Å². The van der Waals surface area contributed by atoms with E-state index in [1.807, 2.05) is 12.3 Å². The maximum absolute atomic E-state index is 5.77. The van der Waals surface area contributed by atoms with Crippen molar-refractivity contribution in [1.82, 2.24) is 4.98 Å². The van der Waals surface area contributed by atoms with Crippen LogP contribution in [-0.4, -0.2) is 4.98 Å². The fraction of sp³-hybridized carbons (Fsp3) is 0.375. The Kier molecular flexibility index (Phi) is 1.60. The molecular weight excluding hydrogens is 204 g/mol. The van der Waals surface area contributed by atoms with E-state index in [2.05, 4.69) is 20.9 Å². The van der Waals surface area contributed by atoms with Crippen LogP contribution < -0.4 is 5.73 Å². The van der Waals surface area contributed by atoms with E-state index in [1.165, 1.54) is 12.8 Å². The maximum atomic E-state index is 5.77. The molecule has 1 aliphatic rings. The van der Waals surface area contributed by atoms with Crippen molar-refractivity contribution in [2.24, 2.45) is 0 Å². The Morgan fingerprint density at radius 3 is 2.82 bits per heavy atom. The lowest BCUT2D eigenvalue weighted by Gasteiger charge is -2.01. The number of pyridine rings is 1. The third kappa shape index (κ3) is 1.38. The smallest absolute Gasteiger partial charge is 0.0664 e. The predicted octanol–water partition coefficient (Wildman–Crippen LogP) is 2.30. The van der Waals surface area contributed by atoms with Crippen LogP contribution in [-0.2, 0) is 0 Å². The maximum Gasteiger partial charge on any atom is 0.0664 e. The number of hydrogen-bond acceptors (Lipinski definition) is 2. The number of nitrogen functional groups attached to an aromatic ring is 1. The van der Waals surface area contributed by atoms with Gasteiger partial charge in [-0.05, 0) is 34.8 Å². The largest absolute Gasteiger partial charge is 0.397 e. The van der Waals surface area contributed by atoms with Crippen LogP contribution in [0.15, 0.2) is 16.7 Å². The molecule has 0 aromatic carbocycles. The highest BCUT2D eigenvalue weighted by atomic mass is 79.9. The molecule has 0 unspecified atom stereocenters. The number of anilines is 1. The van der Waals surface area contributed by atoms with E-state index in [1.54, 1.807) is 0 Å². The van der Waals surface area contributed by atoms with Crippen molar-refractivity contribution in [2.45, 2.75) is 18.8 Å². The molecule has 1 aliphatic carbocycles. The van der Waals surface area contributed by atoms with Gasteiger partial charge in [0.2, 0.25) is 0 Å². The van der Waals surface area contributed by atoms with Crippen molar-refractivity contribution in [3.05, 3.63) is 22.4 Å². The molecular formula is C8H9BrN2. The highest BCUT2D eigenvalue weighted by Crippen LogP contribution is 2.41. The third-order valence-corrected chi connectivity index (χ3v) is 2.31. The van der Waals surface area contributed by atoms with Crippen LogP contribution in [0.25, 0.3) is 0 Å². The van der Waals surface area contributed by atoms with Crippen molar-refractivity contribution < 1.29 is 0 Å². The lowest BCUT2D eigenvalue weighted by molar-refractivity contribution is 1.03. The van der Waals surface area contributed by atoms with Crippen molar-refractivity contribution in [2.75, 3.05) is 5.73 Å². The molecule has 0 amide bonds. The van der Waals surface area contributed by atoms with E-state index in [0.29, 0.717) is 5.92 Å². The number of halogens is 1. The van der Waals surface area contributed by atoms with Gasteiger partial charge in [-0.3, -0.25) is 4.98 Å². The molecule has 1 saturated carbocycles. The van der Waals surface area contributed by atoms with E-state index >= 15 is 0 Å². The fourth-order valence-electron chi connectivity index (χ4n) is 1.16. The monoisotopic (exact) mass is 212 g/mol. The summed E-state index contributed by atoms with van der Waals surface area (Å²) in [4.78, 5) is 4.27. The van der Waals surface area contributed by atoms with Gasteiger partial charge in [0, 0.05) is 16.6 Å². The second kappa shape index (κ2) is 2.48. The first-order chi connectivity index (χ1) is 5.27. The average molecular weight is 213 g/mol. The van der Waals surface area contributed by atoms with Gasteiger partial charge >= 0.3 is 0 Å². The van der Waals surface area contributed by atoms with Crippen LogP contribution in [0.1, 0.15) is 24.5 Å². The number of hydrogen-bond donors (Lipinski definition) is 1. The Bertz CT molecular complexity index is 281. The topological polar surface area (TPSA) is 38.9 Å². The Balaban J connectivity index is 2.39. The zero-order valence-corrected chi connectivity index (χ0v) is 7.63. The zero-order chi connectivity index (χ0) is 7.84. The van der Waals surface area contributed by atoms with Crippen LogP contribution in [0.3, 0.4) is 0 Å². The SMILES string of the molecule is Nc1cc(Br)cnc1C1CC1. The van der Waals surface area contributed by atoms with Gasteiger partial charge in [0.25, 0.3) is 0 Å². The van der Waals surface area contributed by atoms with E-state index in [0.717, 1.165) is 15.9 Å². The lowest BCUT2D eigenvalue weighted by atomic mass is 10.2. The molecule has 1 aromatic rings. The molecule has 1 heterocycles. The van der Waals surface area contributed by atoms with E-state index < -0.39 is 0 Å². The number of rotatable bonds is 1. The lowest BCUT2D eigenvalue weighted by Crippen LogP contribution is -1.95. The standard InChI is InChI=1S/C8H9BrN2/c9-6-3-7(10)8(11-4-6)5-1-2-5/h3-5H,1-2,10H2. The Hall–Kier alpha value is -0.570. The highest BCUT2D eigenvalue weighted by Gasteiger charge is 2.26. The quantitative estimate of drug-likeness (QED) is 0.777. The minimum absolute atomic E-state index is 0.642. The van der Waals surface area contributed by atoms with Crippen LogP contribution in [0.2, 0.25) is 0 Å². The third-order valence-electron chi connectivity index (χ3n) is 1.88. The fourth-order valence-corrected chi connectivity index (χ4v) is 1.51. The van der Waals surface area contributed by atoms with E-state index in [4.69, 9.17) is 5.73 Å². The summed E-state index contributed by atoms with van der Waals surface area (Å²) in [6.07, 6.45) is 4.31. The summed E-state index contributed by atoms with van der Waals surface area (Å²) < 4.78 is 0.958. The van der Waals surface area contributed by atoms with E-state index in [-0.39, 0.29) is 0 Å². The molecule has 0 radical (unpaired) electrons. The van der Waals surface area contributed by atoms with Crippen LogP contribution in [0.4, 0.5) is 5.69 Å². The van der Waals surface area contributed by atoms with Gasteiger partial charge in [-0.1, -0.05) is 0 Å². The summed E-state index contributed by atoms with van der Waals surface area (Å²) in [5.74, 6) is 0.642. The second-order valence-corrected chi connectivity index (χ2v) is 3.82. The number of aromatic nitrogens is 1.